The Hall–Kier alpha value is -1.56. The van der Waals surface area contributed by atoms with Crippen molar-refractivity contribution in [2.24, 2.45) is 5.92 Å². The van der Waals surface area contributed by atoms with Gasteiger partial charge in [-0.15, -0.1) is 0 Å². The number of fused-ring (bicyclic) bond motifs is 4. The Kier molecular flexibility index (Phi) is 3.65. The highest BCUT2D eigenvalue weighted by atomic mass is 16.5. The van der Waals surface area contributed by atoms with Gasteiger partial charge in [0.15, 0.2) is 0 Å². The quantitative estimate of drug-likeness (QED) is 0.888. The number of carbonyl (C=O) groups excluding carboxylic acids is 1. The normalized spacial score (nSPS) is 26.6. The summed E-state index contributed by atoms with van der Waals surface area (Å²) in [5.41, 5.74) is 2.24. The second-order valence-corrected chi connectivity index (χ2v) is 5.89. The second kappa shape index (κ2) is 5.44. The number of aryl methyl sites for hydroxylation is 1. The van der Waals surface area contributed by atoms with Crippen LogP contribution >= 0.6 is 0 Å². The average Bonchev–Trinajstić information content (AvgIpc) is 2.67. The molecule has 0 aliphatic carbocycles. The molecule has 3 fully saturated rings. The Bertz CT molecular complexity index is 487. The number of amides is 1. The van der Waals surface area contributed by atoms with Crippen LogP contribution in [0, 0.1) is 12.8 Å². The van der Waals surface area contributed by atoms with Crippen molar-refractivity contribution in [3.05, 3.63) is 17.7 Å². The summed E-state index contributed by atoms with van der Waals surface area (Å²) in [6.07, 6.45) is 3.85. The van der Waals surface area contributed by atoms with Gasteiger partial charge in [0.1, 0.15) is 0 Å². The highest BCUT2D eigenvalue weighted by molar-refractivity contribution is 5.68. The number of carbonyl (C=O) groups is 1. The molecule has 6 nitrogen and oxygen atoms in total. The lowest BCUT2D eigenvalue weighted by molar-refractivity contribution is 0.0833. The van der Waals surface area contributed by atoms with Gasteiger partial charge >= 0.3 is 6.09 Å². The van der Waals surface area contributed by atoms with Gasteiger partial charge < -0.3 is 14.6 Å². The number of hydrogen-bond acceptors (Lipinski definition) is 4. The molecule has 0 saturated carbocycles. The van der Waals surface area contributed by atoms with Gasteiger partial charge in [-0.1, -0.05) is 0 Å². The van der Waals surface area contributed by atoms with E-state index in [2.05, 4.69) is 21.8 Å². The summed E-state index contributed by atoms with van der Waals surface area (Å²) >= 11 is 0. The number of piperidine rings is 1. The Morgan fingerprint density at radius 3 is 3.00 bits per heavy atom. The molecule has 6 heteroatoms. The minimum atomic E-state index is -0.183. The predicted molar refractivity (Wildman–Crippen MR) is 74.2 cm³/mol. The maximum atomic E-state index is 11.9. The third-order valence-corrected chi connectivity index (χ3v) is 4.51. The van der Waals surface area contributed by atoms with Gasteiger partial charge in [-0.25, -0.2) is 9.78 Å². The predicted octanol–water partition coefficient (Wildman–Crippen LogP) is 1.38. The Morgan fingerprint density at radius 2 is 2.30 bits per heavy atom. The average molecular weight is 278 g/mol. The summed E-state index contributed by atoms with van der Waals surface area (Å²) in [5.74, 6) is 0.548. The lowest BCUT2D eigenvalue weighted by Gasteiger charge is -2.34. The molecule has 1 aromatic rings. The van der Waals surface area contributed by atoms with Gasteiger partial charge in [0.25, 0.3) is 0 Å². The van der Waals surface area contributed by atoms with E-state index >= 15 is 0 Å². The molecular weight excluding hydrogens is 256 g/mol. The van der Waals surface area contributed by atoms with Crippen LogP contribution in [0.3, 0.4) is 0 Å². The summed E-state index contributed by atoms with van der Waals surface area (Å²) in [5, 5.41) is 0. The number of nitrogens with one attached hydrogen (secondary N) is 1. The summed E-state index contributed by atoms with van der Waals surface area (Å²) < 4.78 is 4.91. The molecule has 4 heterocycles. The molecule has 3 saturated heterocycles. The Balaban J connectivity index is 1.71. The maximum Gasteiger partial charge on any atom is 0.409 e. The molecule has 0 aromatic carbocycles. The van der Waals surface area contributed by atoms with Crippen LogP contribution in [0.15, 0.2) is 6.33 Å². The molecule has 3 aliphatic rings. The third-order valence-electron chi connectivity index (χ3n) is 4.51. The smallest absolute Gasteiger partial charge is 0.409 e. The van der Waals surface area contributed by atoms with Gasteiger partial charge in [0, 0.05) is 37.9 Å². The van der Waals surface area contributed by atoms with Gasteiger partial charge in [-0.05, 0) is 25.7 Å². The maximum absolute atomic E-state index is 11.9. The molecule has 110 valence electrons. The number of H-pyrrole nitrogens is 1. The fraction of sp³-hybridized carbons (Fsp3) is 0.714. The first-order valence-electron chi connectivity index (χ1n) is 7.23. The van der Waals surface area contributed by atoms with Gasteiger partial charge in [0.05, 0.1) is 19.1 Å². The van der Waals surface area contributed by atoms with Crippen molar-refractivity contribution >= 4 is 6.09 Å². The number of nitrogens with zero attached hydrogens (tertiary/aromatic N) is 3. The molecule has 2 bridgehead atoms. The van der Waals surface area contributed by atoms with E-state index in [4.69, 9.17) is 4.74 Å². The number of aromatic nitrogens is 2. The van der Waals surface area contributed by atoms with Crippen molar-refractivity contribution in [2.75, 3.05) is 26.7 Å². The minimum Gasteiger partial charge on any atom is -0.453 e. The zero-order valence-corrected chi connectivity index (χ0v) is 12.1. The summed E-state index contributed by atoms with van der Waals surface area (Å²) in [6, 6.07) is 0.278. The van der Waals surface area contributed by atoms with Crippen LogP contribution in [0.25, 0.3) is 0 Å². The number of aromatic amines is 1. The zero-order chi connectivity index (χ0) is 14.1. The lowest BCUT2D eigenvalue weighted by Crippen LogP contribution is -2.47. The monoisotopic (exact) mass is 278 g/mol. The molecular formula is C14H22N4O2. The number of hydrogen-bond donors (Lipinski definition) is 1. The van der Waals surface area contributed by atoms with E-state index < -0.39 is 0 Å². The van der Waals surface area contributed by atoms with Crippen LogP contribution < -0.4 is 0 Å². The first-order valence-corrected chi connectivity index (χ1v) is 7.23. The van der Waals surface area contributed by atoms with Crippen LogP contribution in [0.2, 0.25) is 0 Å². The van der Waals surface area contributed by atoms with E-state index in [1.54, 1.807) is 6.33 Å². The lowest BCUT2D eigenvalue weighted by atomic mass is 9.95. The molecule has 4 rings (SSSR count). The second-order valence-electron chi connectivity index (χ2n) is 5.89. The Labute approximate surface area is 119 Å². The van der Waals surface area contributed by atoms with Crippen LogP contribution in [-0.2, 0) is 11.3 Å². The summed E-state index contributed by atoms with van der Waals surface area (Å²) in [4.78, 5) is 23.7. The van der Waals surface area contributed by atoms with E-state index in [0.29, 0.717) is 5.92 Å². The molecule has 1 N–H and O–H groups in total. The largest absolute Gasteiger partial charge is 0.453 e. The van der Waals surface area contributed by atoms with E-state index in [1.165, 1.54) is 13.5 Å². The van der Waals surface area contributed by atoms with E-state index in [1.807, 2.05) is 4.90 Å². The number of ether oxygens (including phenoxy) is 1. The molecule has 0 spiro atoms. The molecule has 1 amide bonds. The van der Waals surface area contributed by atoms with E-state index in [-0.39, 0.29) is 12.1 Å². The van der Waals surface area contributed by atoms with Gasteiger partial charge in [-0.2, -0.15) is 0 Å². The van der Waals surface area contributed by atoms with Crippen molar-refractivity contribution in [2.45, 2.75) is 32.4 Å². The molecule has 3 aliphatic heterocycles. The van der Waals surface area contributed by atoms with Crippen LogP contribution in [0.1, 0.15) is 24.2 Å². The SMILES string of the molecule is COC(=O)N1C[C@@H]2CC[C@H]1CN(Cc1nc[nH]c1C)C2. The fourth-order valence-electron chi connectivity index (χ4n) is 3.41. The first kappa shape index (κ1) is 13.4. The highest BCUT2D eigenvalue weighted by Crippen LogP contribution is 2.29. The highest BCUT2D eigenvalue weighted by Gasteiger charge is 2.37. The number of methoxy groups -OCH3 is 1. The third kappa shape index (κ3) is 2.52. The van der Waals surface area contributed by atoms with Crippen LogP contribution in [0.5, 0.6) is 0 Å². The summed E-state index contributed by atoms with van der Waals surface area (Å²) in [7, 11) is 1.46. The van der Waals surface area contributed by atoms with Crippen LogP contribution in [0.4, 0.5) is 4.79 Å². The minimum absolute atomic E-state index is 0.183. The molecule has 1 aromatic heterocycles. The molecule has 2 atom stereocenters. The van der Waals surface area contributed by atoms with Gasteiger partial charge in [-0.3, -0.25) is 4.90 Å². The first-order chi connectivity index (χ1) is 9.67. The van der Waals surface area contributed by atoms with E-state index in [0.717, 1.165) is 44.0 Å². The summed E-state index contributed by atoms with van der Waals surface area (Å²) in [6.45, 7) is 5.69. The van der Waals surface area contributed by atoms with Crippen molar-refractivity contribution < 1.29 is 9.53 Å². The molecule has 0 unspecified atom stereocenters. The Morgan fingerprint density at radius 1 is 1.45 bits per heavy atom. The standard InChI is InChI=1S/C14H22N4O2/c1-10-13(16-9-15-10)8-17-5-11-3-4-12(7-17)18(6-11)14(19)20-2/h9,11-12H,3-8H2,1-2H3,(H,15,16)/t11-,12+/m1/s1. The number of rotatable bonds is 2. The van der Waals surface area contributed by atoms with Gasteiger partial charge in [0.2, 0.25) is 0 Å². The van der Waals surface area contributed by atoms with Crippen molar-refractivity contribution in [1.82, 2.24) is 19.8 Å². The van der Waals surface area contributed by atoms with Crippen LogP contribution in [-0.4, -0.2) is 58.6 Å². The van der Waals surface area contributed by atoms with E-state index in [9.17, 15) is 4.79 Å². The molecule has 0 radical (unpaired) electrons. The number of imidazole rings is 1. The van der Waals surface area contributed by atoms with Crippen molar-refractivity contribution in [3.8, 4) is 0 Å². The fourth-order valence-corrected chi connectivity index (χ4v) is 3.41. The van der Waals surface area contributed by atoms with Crippen molar-refractivity contribution in [1.29, 1.82) is 0 Å². The zero-order valence-electron chi connectivity index (χ0n) is 12.1. The molecule has 20 heavy (non-hydrogen) atoms. The topological polar surface area (TPSA) is 61.5 Å². The van der Waals surface area contributed by atoms with Crippen molar-refractivity contribution in [3.63, 3.8) is 0 Å².